The molecular weight excluding hydrogens is 184 g/mol. The summed E-state index contributed by atoms with van der Waals surface area (Å²) in [6.45, 7) is 17.3. The van der Waals surface area contributed by atoms with Crippen molar-refractivity contribution in [1.29, 1.82) is 0 Å². The molecule has 0 aliphatic carbocycles. The lowest BCUT2D eigenvalue weighted by atomic mass is 10.2. The van der Waals surface area contributed by atoms with Gasteiger partial charge in [0.25, 0.3) is 0 Å². The molecule has 2 unspecified atom stereocenters. The van der Waals surface area contributed by atoms with Gasteiger partial charge >= 0.3 is 0 Å². The van der Waals surface area contributed by atoms with Crippen molar-refractivity contribution in [2.24, 2.45) is 11.8 Å². The van der Waals surface area contributed by atoms with Gasteiger partial charge < -0.3 is 0 Å². The van der Waals surface area contributed by atoms with Crippen LogP contribution in [-0.4, -0.2) is 42.6 Å². The molecule has 0 spiro atoms. The molecule has 2 nitrogen and oxygen atoms in total. The fourth-order valence-corrected chi connectivity index (χ4v) is 2.59. The lowest BCUT2D eigenvalue weighted by Crippen LogP contribution is -2.35. The molecule has 2 atom stereocenters. The van der Waals surface area contributed by atoms with Crippen LogP contribution in [0.1, 0.15) is 26.7 Å². The van der Waals surface area contributed by atoms with E-state index in [1.54, 1.807) is 0 Å². The van der Waals surface area contributed by atoms with Crippen LogP contribution in [0.5, 0.6) is 0 Å². The molecule has 0 N–H and O–H groups in total. The van der Waals surface area contributed by atoms with Crippen molar-refractivity contribution in [2.75, 3.05) is 32.8 Å². The molecule has 0 saturated carbocycles. The summed E-state index contributed by atoms with van der Waals surface area (Å²) in [4.78, 5) is 5.23. The largest absolute Gasteiger partial charge is 0.290 e. The standard InChI is InChI=1S/C11H22N2.C2H4/c1-10-3-5-12(7-10)9-13-6-4-11(2)8-13;1-2/h10-11H,3-9H2,1-2H3;1-2H2. The highest BCUT2D eigenvalue weighted by molar-refractivity contribution is 4.76. The summed E-state index contributed by atoms with van der Waals surface area (Å²) < 4.78 is 0. The van der Waals surface area contributed by atoms with Gasteiger partial charge in [0.15, 0.2) is 0 Å². The first-order chi connectivity index (χ1) is 7.24. The second kappa shape index (κ2) is 6.29. The van der Waals surface area contributed by atoms with Gasteiger partial charge in [-0.05, 0) is 37.8 Å². The third kappa shape index (κ3) is 3.96. The van der Waals surface area contributed by atoms with Crippen molar-refractivity contribution in [3.05, 3.63) is 13.2 Å². The second-order valence-electron chi connectivity index (χ2n) is 5.08. The molecule has 0 radical (unpaired) electrons. The van der Waals surface area contributed by atoms with E-state index in [4.69, 9.17) is 0 Å². The molecular formula is C13H26N2. The monoisotopic (exact) mass is 210 g/mol. The SMILES string of the molecule is C=C.CC1CCN(CN2CCC(C)C2)C1. The molecule has 2 aliphatic rings. The second-order valence-corrected chi connectivity index (χ2v) is 5.08. The first kappa shape index (κ1) is 12.7. The molecule has 0 aromatic carbocycles. The van der Waals surface area contributed by atoms with Crippen LogP contribution < -0.4 is 0 Å². The van der Waals surface area contributed by atoms with E-state index in [9.17, 15) is 0 Å². The zero-order valence-electron chi connectivity index (χ0n) is 10.4. The maximum absolute atomic E-state index is 3.00. The van der Waals surface area contributed by atoms with E-state index in [-0.39, 0.29) is 0 Å². The topological polar surface area (TPSA) is 6.48 Å². The minimum atomic E-state index is 0.931. The molecule has 2 heterocycles. The zero-order valence-corrected chi connectivity index (χ0v) is 10.4. The lowest BCUT2D eigenvalue weighted by molar-refractivity contribution is 0.174. The number of hydrogen-bond acceptors (Lipinski definition) is 2. The fourth-order valence-electron chi connectivity index (χ4n) is 2.59. The van der Waals surface area contributed by atoms with Crippen LogP contribution in [0.3, 0.4) is 0 Å². The van der Waals surface area contributed by atoms with Crippen LogP contribution in [0.2, 0.25) is 0 Å². The Morgan fingerprint density at radius 2 is 1.33 bits per heavy atom. The molecule has 2 heteroatoms. The molecule has 15 heavy (non-hydrogen) atoms. The van der Waals surface area contributed by atoms with Crippen molar-refractivity contribution in [1.82, 2.24) is 9.80 Å². The van der Waals surface area contributed by atoms with Crippen molar-refractivity contribution >= 4 is 0 Å². The van der Waals surface area contributed by atoms with E-state index >= 15 is 0 Å². The molecule has 0 aromatic heterocycles. The van der Waals surface area contributed by atoms with E-state index in [2.05, 4.69) is 36.8 Å². The van der Waals surface area contributed by atoms with Crippen molar-refractivity contribution in [2.45, 2.75) is 26.7 Å². The molecule has 2 fully saturated rings. The molecule has 2 rings (SSSR count). The fraction of sp³-hybridized carbons (Fsp3) is 0.846. The summed E-state index contributed by atoms with van der Waals surface area (Å²) >= 11 is 0. The quantitative estimate of drug-likeness (QED) is 0.646. The summed E-state index contributed by atoms with van der Waals surface area (Å²) in [5.74, 6) is 1.86. The lowest BCUT2D eigenvalue weighted by Gasteiger charge is -2.23. The Morgan fingerprint density at radius 1 is 0.933 bits per heavy atom. The van der Waals surface area contributed by atoms with Gasteiger partial charge in [0.1, 0.15) is 0 Å². The highest BCUT2D eigenvalue weighted by Crippen LogP contribution is 2.19. The Balaban J connectivity index is 0.000000531. The predicted octanol–water partition coefficient (Wildman–Crippen LogP) is 2.43. The Bertz CT molecular complexity index is 163. The van der Waals surface area contributed by atoms with Gasteiger partial charge in [-0.3, -0.25) is 9.80 Å². The van der Waals surface area contributed by atoms with Crippen LogP contribution in [-0.2, 0) is 0 Å². The van der Waals surface area contributed by atoms with Crippen LogP contribution in [0.4, 0.5) is 0 Å². The van der Waals surface area contributed by atoms with Crippen LogP contribution in [0.15, 0.2) is 13.2 Å². The van der Waals surface area contributed by atoms with Crippen LogP contribution in [0, 0.1) is 11.8 Å². The average molecular weight is 210 g/mol. The Hall–Kier alpha value is -0.340. The highest BCUT2D eigenvalue weighted by atomic mass is 15.3. The van der Waals surface area contributed by atoms with E-state index in [1.165, 1.54) is 45.7 Å². The van der Waals surface area contributed by atoms with E-state index in [0.717, 1.165) is 11.8 Å². The molecule has 2 saturated heterocycles. The maximum Gasteiger partial charge on any atom is 0.0506 e. The molecule has 0 bridgehead atoms. The first-order valence-corrected chi connectivity index (χ1v) is 6.19. The van der Waals surface area contributed by atoms with Gasteiger partial charge in [0.2, 0.25) is 0 Å². The Labute approximate surface area is 94.9 Å². The van der Waals surface area contributed by atoms with Gasteiger partial charge in [0.05, 0.1) is 6.67 Å². The van der Waals surface area contributed by atoms with Gasteiger partial charge in [-0.1, -0.05) is 13.8 Å². The van der Waals surface area contributed by atoms with Crippen LogP contribution in [0.25, 0.3) is 0 Å². The normalized spacial score (nSPS) is 32.7. The molecule has 0 aromatic rings. The zero-order chi connectivity index (χ0) is 11.3. The van der Waals surface area contributed by atoms with Crippen molar-refractivity contribution < 1.29 is 0 Å². The van der Waals surface area contributed by atoms with Crippen molar-refractivity contribution in [3.8, 4) is 0 Å². The van der Waals surface area contributed by atoms with Crippen LogP contribution >= 0.6 is 0 Å². The van der Waals surface area contributed by atoms with Gasteiger partial charge in [0, 0.05) is 13.1 Å². The summed E-state index contributed by atoms with van der Waals surface area (Å²) in [6, 6.07) is 0. The Morgan fingerprint density at radius 3 is 1.60 bits per heavy atom. The minimum Gasteiger partial charge on any atom is -0.290 e. The maximum atomic E-state index is 3.00. The number of hydrogen-bond donors (Lipinski definition) is 0. The van der Waals surface area contributed by atoms with E-state index < -0.39 is 0 Å². The molecule has 2 aliphatic heterocycles. The van der Waals surface area contributed by atoms with Gasteiger partial charge in [-0.15, -0.1) is 13.2 Å². The first-order valence-electron chi connectivity index (χ1n) is 6.19. The summed E-state index contributed by atoms with van der Waals surface area (Å²) in [7, 11) is 0. The summed E-state index contributed by atoms with van der Waals surface area (Å²) in [6.07, 6.45) is 2.81. The number of rotatable bonds is 2. The van der Waals surface area contributed by atoms with E-state index in [1.807, 2.05) is 0 Å². The van der Waals surface area contributed by atoms with E-state index in [0.29, 0.717) is 0 Å². The molecule has 0 amide bonds. The van der Waals surface area contributed by atoms with Crippen molar-refractivity contribution in [3.63, 3.8) is 0 Å². The molecule has 88 valence electrons. The number of likely N-dealkylation sites (tertiary alicyclic amines) is 2. The highest BCUT2D eigenvalue weighted by Gasteiger charge is 2.24. The third-order valence-corrected chi connectivity index (χ3v) is 3.42. The third-order valence-electron chi connectivity index (χ3n) is 3.42. The summed E-state index contributed by atoms with van der Waals surface area (Å²) in [5.41, 5.74) is 0. The Kier molecular flexibility index (Phi) is 5.34. The average Bonchev–Trinajstić information content (AvgIpc) is 2.80. The smallest absolute Gasteiger partial charge is 0.0506 e. The van der Waals surface area contributed by atoms with Gasteiger partial charge in [-0.2, -0.15) is 0 Å². The minimum absolute atomic E-state index is 0.931. The predicted molar refractivity (Wildman–Crippen MR) is 66.8 cm³/mol. The number of nitrogens with zero attached hydrogens (tertiary/aromatic N) is 2. The summed E-state index contributed by atoms with van der Waals surface area (Å²) in [5, 5.41) is 0. The van der Waals surface area contributed by atoms with Gasteiger partial charge in [-0.25, -0.2) is 0 Å².